The lowest BCUT2D eigenvalue weighted by Gasteiger charge is -2.28. The van der Waals surface area contributed by atoms with E-state index in [2.05, 4.69) is 19.1 Å². The molecule has 0 saturated heterocycles. The molecule has 0 heterocycles. The molecule has 0 rings (SSSR count). The first-order valence-corrected chi connectivity index (χ1v) is 10.5. The van der Waals surface area contributed by atoms with Crippen molar-refractivity contribution in [1.29, 1.82) is 0 Å². The van der Waals surface area contributed by atoms with Crippen LogP contribution in [0.1, 0.15) is 110 Å². The van der Waals surface area contributed by atoms with Gasteiger partial charge in [-0.2, -0.15) is 0 Å². The van der Waals surface area contributed by atoms with Crippen LogP contribution in [0.2, 0.25) is 0 Å². The van der Waals surface area contributed by atoms with Crippen molar-refractivity contribution in [2.45, 2.75) is 122 Å². The summed E-state index contributed by atoms with van der Waals surface area (Å²) in [5, 5.41) is 0. The Labute approximate surface area is 151 Å². The second-order valence-corrected chi connectivity index (χ2v) is 7.59. The van der Waals surface area contributed by atoms with Crippen LogP contribution in [0.25, 0.3) is 0 Å². The highest BCUT2D eigenvalue weighted by molar-refractivity contribution is 4.85. The normalized spacial score (nSPS) is 13.7. The van der Waals surface area contributed by atoms with Gasteiger partial charge in [0.15, 0.2) is 0 Å². The maximum absolute atomic E-state index is 5.97. The molecule has 0 aliphatic carbocycles. The first kappa shape index (κ1) is 23.6. The van der Waals surface area contributed by atoms with Gasteiger partial charge >= 0.3 is 0 Å². The van der Waals surface area contributed by atoms with E-state index in [0.717, 1.165) is 12.8 Å². The largest absolute Gasteiger partial charge is 0.325 e. The Balaban J connectivity index is 3.24. The predicted octanol–water partition coefficient (Wildman–Crippen LogP) is 5.37. The standard InChI is InChI=1S/C21H45N3/c1-3-4-5-6-7-8-9-10-11-12-13-14-15-16-17-18-19-21(23,24)20(2)22/h10-11,20H,3-9,12-19,22-24H2,1-2H3. The van der Waals surface area contributed by atoms with Gasteiger partial charge in [0.2, 0.25) is 0 Å². The molecule has 0 aromatic heterocycles. The van der Waals surface area contributed by atoms with Crippen LogP contribution in [0.5, 0.6) is 0 Å². The Bertz CT molecular complexity index is 285. The van der Waals surface area contributed by atoms with Gasteiger partial charge in [-0.25, -0.2) is 0 Å². The summed E-state index contributed by atoms with van der Waals surface area (Å²) in [7, 11) is 0. The van der Waals surface area contributed by atoms with Crippen molar-refractivity contribution < 1.29 is 0 Å². The number of allylic oxidation sites excluding steroid dienone is 2. The third-order valence-electron chi connectivity index (χ3n) is 4.97. The first-order chi connectivity index (χ1) is 11.5. The molecular weight excluding hydrogens is 294 g/mol. The molecule has 24 heavy (non-hydrogen) atoms. The Hall–Kier alpha value is -0.380. The summed E-state index contributed by atoms with van der Waals surface area (Å²) < 4.78 is 0. The fourth-order valence-electron chi connectivity index (χ4n) is 2.91. The van der Waals surface area contributed by atoms with Crippen LogP contribution >= 0.6 is 0 Å². The first-order valence-electron chi connectivity index (χ1n) is 10.5. The summed E-state index contributed by atoms with van der Waals surface area (Å²) in [4.78, 5) is 0. The lowest BCUT2D eigenvalue weighted by molar-refractivity contribution is 0.332. The van der Waals surface area contributed by atoms with E-state index in [1.165, 1.54) is 83.5 Å². The molecule has 3 heteroatoms. The van der Waals surface area contributed by atoms with Crippen molar-refractivity contribution in [3.05, 3.63) is 12.2 Å². The summed E-state index contributed by atoms with van der Waals surface area (Å²) in [5.74, 6) is 0. The van der Waals surface area contributed by atoms with Crippen molar-refractivity contribution in [2.75, 3.05) is 0 Å². The minimum Gasteiger partial charge on any atom is -0.325 e. The molecule has 6 N–H and O–H groups in total. The molecule has 0 aromatic carbocycles. The molecule has 0 aromatic rings. The second kappa shape index (κ2) is 16.1. The zero-order valence-corrected chi connectivity index (χ0v) is 16.6. The van der Waals surface area contributed by atoms with E-state index in [9.17, 15) is 0 Å². The molecule has 1 unspecified atom stereocenters. The molecule has 0 radical (unpaired) electrons. The second-order valence-electron chi connectivity index (χ2n) is 7.59. The van der Waals surface area contributed by atoms with Crippen molar-refractivity contribution in [2.24, 2.45) is 17.2 Å². The minimum absolute atomic E-state index is 0.138. The van der Waals surface area contributed by atoms with Crippen LogP contribution in [-0.4, -0.2) is 11.7 Å². The molecule has 0 bridgehead atoms. The fourth-order valence-corrected chi connectivity index (χ4v) is 2.91. The van der Waals surface area contributed by atoms with Gasteiger partial charge in [0.25, 0.3) is 0 Å². The van der Waals surface area contributed by atoms with E-state index in [1.807, 2.05) is 6.92 Å². The van der Waals surface area contributed by atoms with Gasteiger partial charge in [-0.3, -0.25) is 0 Å². The van der Waals surface area contributed by atoms with E-state index in [1.54, 1.807) is 0 Å². The van der Waals surface area contributed by atoms with Crippen molar-refractivity contribution >= 4 is 0 Å². The highest BCUT2D eigenvalue weighted by Crippen LogP contribution is 2.13. The molecular formula is C21H45N3. The van der Waals surface area contributed by atoms with E-state index in [4.69, 9.17) is 17.2 Å². The summed E-state index contributed by atoms with van der Waals surface area (Å²) in [6, 6.07) is -0.138. The smallest absolute Gasteiger partial charge is 0.0789 e. The molecule has 0 aliphatic heterocycles. The van der Waals surface area contributed by atoms with Gasteiger partial charge in [0.05, 0.1) is 5.66 Å². The maximum Gasteiger partial charge on any atom is 0.0789 e. The summed E-state index contributed by atoms with van der Waals surface area (Å²) in [6.07, 6.45) is 24.0. The van der Waals surface area contributed by atoms with Crippen molar-refractivity contribution in [3.63, 3.8) is 0 Å². The molecule has 144 valence electrons. The van der Waals surface area contributed by atoms with Crippen LogP contribution in [-0.2, 0) is 0 Å². The molecule has 3 nitrogen and oxygen atoms in total. The summed E-state index contributed by atoms with van der Waals surface area (Å²) in [6.45, 7) is 4.16. The van der Waals surface area contributed by atoms with Crippen LogP contribution < -0.4 is 17.2 Å². The number of hydrogen-bond donors (Lipinski definition) is 3. The van der Waals surface area contributed by atoms with Gasteiger partial charge in [0.1, 0.15) is 0 Å². The van der Waals surface area contributed by atoms with Gasteiger partial charge in [0, 0.05) is 6.04 Å². The molecule has 0 spiro atoms. The van der Waals surface area contributed by atoms with Crippen LogP contribution in [0.3, 0.4) is 0 Å². The third-order valence-corrected chi connectivity index (χ3v) is 4.97. The van der Waals surface area contributed by atoms with Crippen LogP contribution in [0, 0.1) is 0 Å². The van der Waals surface area contributed by atoms with Gasteiger partial charge in [-0.15, -0.1) is 0 Å². The van der Waals surface area contributed by atoms with Crippen molar-refractivity contribution in [3.8, 4) is 0 Å². The van der Waals surface area contributed by atoms with E-state index >= 15 is 0 Å². The Morgan fingerprint density at radius 3 is 1.58 bits per heavy atom. The van der Waals surface area contributed by atoms with Gasteiger partial charge in [-0.1, -0.05) is 83.3 Å². The summed E-state index contributed by atoms with van der Waals surface area (Å²) >= 11 is 0. The molecule has 0 saturated carbocycles. The molecule has 1 atom stereocenters. The molecule has 0 amide bonds. The average Bonchev–Trinajstić information content (AvgIpc) is 2.54. The maximum atomic E-state index is 5.97. The number of unbranched alkanes of at least 4 members (excludes halogenated alkanes) is 12. The monoisotopic (exact) mass is 339 g/mol. The number of hydrogen-bond acceptors (Lipinski definition) is 3. The topological polar surface area (TPSA) is 78.1 Å². The quantitative estimate of drug-likeness (QED) is 0.189. The summed E-state index contributed by atoms with van der Waals surface area (Å²) in [5.41, 5.74) is 17.0. The van der Waals surface area contributed by atoms with Crippen molar-refractivity contribution in [1.82, 2.24) is 0 Å². The zero-order chi connectivity index (χ0) is 18.1. The minimum atomic E-state index is -0.694. The van der Waals surface area contributed by atoms with Gasteiger partial charge in [-0.05, 0) is 39.0 Å². The van der Waals surface area contributed by atoms with Gasteiger partial charge < -0.3 is 17.2 Å². The number of rotatable bonds is 17. The van der Waals surface area contributed by atoms with Crippen LogP contribution in [0.4, 0.5) is 0 Å². The number of nitrogens with two attached hydrogens (primary N) is 3. The molecule has 0 fully saturated rings. The average molecular weight is 340 g/mol. The van der Waals surface area contributed by atoms with E-state index < -0.39 is 5.66 Å². The Kier molecular flexibility index (Phi) is 15.9. The highest BCUT2D eigenvalue weighted by atomic mass is 15.0. The Morgan fingerprint density at radius 1 is 0.708 bits per heavy atom. The molecule has 0 aliphatic rings. The lowest BCUT2D eigenvalue weighted by Crippen LogP contribution is -2.61. The SMILES string of the molecule is CCCCCCCCC=CCCCCCCCCC(N)(N)C(C)N. The predicted molar refractivity (Wildman–Crippen MR) is 109 cm³/mol. The Morgan fingerprint density at radius 2 is 1.12 bits per heavy atom. The van der Waals surface area contributed by atoms with E-state index in [-0.39, 0.29) is 6.04 Å². The highest BCUT2D eigenvalue weighted by Gasteiger charge is 2.22. The fraction of sp³-hybridized carbons (Fsp3) is 0.905. The van der Waals surface area contributed by atoms with Crippen LogP contribution in [0.15, 0.2) is 12.2 Å². The zero-order valence-electron chi connectivity index (χ0n) is 16.6. The third kappa shape index (κ3) is 15.2. The lowest BCUT2D eigenvalue weighted by atomic mass is 9.96. The van der Waals surface area contributed by atoms with E-state index in [0.29, 0.717) is 0 Å².